The second-order valence-electron chi connectivity index (χ2n) is 6.35. The van der Waals surface area contributed by atoms with Gasteiger partial charge in [-0.1, -0.05) is 39.2 Å². The van der Waals surface area contributed by atoms with Gasteiger partial charge in [0.2, 0.25) is 0 Å². The van der Waals surface area contributed by atoms with Gasteiger partial charge in [0, 0.05) is 17.0 Å². The van der Waals surface area contributed by atoms with Gasteiger partial charge in [0.25, 0.3) is 0 Å². The first-order valence-electron chi connectivity index (χ1n) is 8.00. The molecule has 0 amide bonds. The first kappa shape index (κ1) is 15.1. The Kier molecular flexibility index (Phi) is 5.90. The summed E-state index contributed by atoms with van der Waals surface area (Å²) in [6, 6.07) is 5.74. The molecule has 0 bridgehead atoms. The van der Waals surface area contributed by atoms with E-state index in [1.54, 1.807) is 4.88 Å². The Morgan fingerprint density at radius 1 is 1.32 bits per heavy atom. The molecule has 0 radical (unpaired) electrons. The van der Waals surface area contributed by atoms with Crippen molar-refractivity contribution in [1.29, 1.82) is 0 Å². The number of nitrogens with one attached hydrogen (secondary N) is 1. The van der Waals surface area contributed by atoms with Gasteiger partial charge in [-0.3, -0.25) is 0 Å². The summed E-state index contributed by atoms with van der Waals surface area (Å²) in [5.74, 6) is 1.69. The maximum Gasteiger partial charge on any atom is 0.0445 e. The zero-order valence-electron chi connectivity index (χ0n) is 12.7. The Labute approximate surface area is 122 Å². The van der Waals surface area contributed by atoms with Crippen LogP contribution in [0.15, 0.2) is 17.5 Å². The minimum absolute atomic E-state index is 0.599. The zero-order chi connectivity index (χ0) is 13.7. The van der Waals surface area contributed by atoms with Crippen molar-refractivity contribution in [2.24, 2.45) is 11.8 Å². The Morgan fingerprint density at radius 2 is 2.05 bits per heavy atom. The fourth-order valence-corrected chi connectivity index (χ4v) is 4.23. The highest BCUT2D eigenvalue weighted by Gasteiger charge is 2.28. The minimum atomic E-state index is 0.599. The van der Waals surface area contributed by atoms with Crippen LogP contribution in [0, 0.1) is 11.8 Å². The molecule has 0 spiro atoms. The molecule has 2 rings (SSSR count). The van der Waals surface area contributed by atoms with Crippen LogP contribution < -0.4 is 5.32 Å². The Morgan fingerprint density at radius 3 is 2.63 bits per heavy atom. The van der Waals surface area contributed by atoms with Gasteiger partial charge in [0.05, 0.1) is 0 Å². The largest absolute Gasteiger partial charge is 0.306 e. The number of hydrogen-bond acceptors (Lipinski definition) is 2. The van der Waals surface area contributed by atoms with Crippen LogP contribution in [-0.4, -0.2) is 6.04 Å². The first-order valence-corrected chi connectivity index (χ1v) is 8.88. The second kappa shape index (κ2) is 7.44. The Balaban J connectivity index is 1.97. The third-order valence-corrected chi connectivity index (χ3v) is 5.59. The van der Waals surface area contributed by atoms with Crippen LogP contribution in [0.3, 0.4) is 0 Å². The molecule has 1 aromatic rings. The van der Waals surface area contributed by atoms with Crippen molar-refractivity contribution < 1.29 is 0 Å². The van der Waals surface area contributed by atoms with Crippen molar-refractivity contribution in [3.63, 3.8) is 0 Å². The molecule has 1 N–H and O–H groups in total. The van der Waals surface area contributed by atoms with E-state index in [0.29, 0.717) is 12.1 Å². The molecular weight excluding hydrogens is 250 g/mol. The van der Waals surface area contributed by atoms with E-state index in [1.165, 1.54) is 38.5 Å². The molecule has 1 aliphatic rings. The molecule has 1 heterocycles. The molecule has 1 aliphatic carbocycles. The summed E-state index contributed by atoms with van der Waals surface area (Å²) in [5, 5.41) is 6.16. The van der Waals surface area contributed by atoms with Crippen LogP contribution in [0.4, 0.5) is 0 Å². The van der Waals surface area contributed by atoms with Gasteiger partial charge < -0.3 is 5.32 Å². The van der Waals surface area contributed by atoms with Crippen molar-refractivity contribution >= 4 is 11.3 Å². The van der Waals surface area contributed by atoms with E-state index in [2.05, 4.69) is 43.6 Å². The second-order valence-corrected chi connectivity index (χ2v) is 7.33. The fraction of sp³-hybridized carbons (Fsp3) is 0.765. The SMILES string of the molecule is CCC(C)CC(C)NC(c1cccs1)C1CCCC1. The van der Waals surface area contributed by atoms with Crippen LogP contribution in [0.2, 0.25) is 0 Å². The maximum absolute atomic E-state index is 3.94. The summed E-state index contributed by atoms with van der Waals surface area (Å²) in [6.07, 6.45) is 8.25. The highest BCUT2D eigenvalue weighted by molar-refractivity contribution is 7.10. The number of hydrogen-bond donors (Lipinski definition) is 1. The van der Waals surface area contributed by atoms with E-state index >= 15 is 0 Å². The minimum Gasteiger partial charge on any atom is -0.306 e. The third-order valence-electron chi connectivity index (χ3n) is 4.64. The maximum atomic E-state index is 3.94. The standard InChI is InChI=1S/C17H29NS/c1-4-13(2)12-14(3)18-17(15-8-5-6-9-15)16-10-7-11-19-16/h7,10-11,13-15,17-18H,4-6,8-9,12H2,1-3H3. The fourth-order valence-electron chi connectivity index (χ4n) is 3.35. The normalized spacial score (nSPS) is 21.4. The molecule has 108 valence electrons. The summed E-state index contributed by atoms with van der Waals surface area (Å²) in [7, 11) is 0. The Bertz CT molecular complexity index is 340. The van der Waals surface area contributed by atoms with Gasteiger partial charge >= 0.3 is 0 Å². The third kappa shape index (κ3) is 4.32. The van der Waals surface area contributed by atoms with Crippen LogP contribution in [0.1, 0.15) is 70.2 Å². The summed E-state index contributed by atoms with van der Waals surface area (Å²) in [5.41, 5.74) is 0. The van der Waals surface area contributed by atoms with E-state index in [9.17, 15) is 0 Å². The molecule has 0 aromatic carbocycles. The lowest BCUT2D eigenvalue weighted by Crippen LogP contribution is -2.35. The average Bonchev–Trinajstić information content (AvgIpc) is 3.08. The van der Waals surface area contributed by atoms with Crippen LogP contribution in [-0.2, 0) is 0 Å². The first-order chi connectivity index (χ1) is 9.20. The van der Waals surface area contributed by atoms with Crippen LogP contribution >= 0.6 is 11.3 Å². The van der Waals surface area contributed by atoms with Crippen molar-refractivity contribution in [2.45, 2.75) is 71.4 Å². The molecule has 3 atom stereocenters. The predicted molar refractivity (Wildman–Crippen MR) is 85.7 cm³/mol. The van der Waals surface area contributed by atoms with Crippen molar-refractivity contribution in [2.75, 3.05) is 0 Å². The summed E-state index contributed by atoms with van der Waals surface area (Å²) in [6.45, 7) is 7.03. The topological polar surface area (TPSA) is 12.0 Å². The van der Waals surface area contributed by atoms with Crippen LogP contribution in [0.5, 0.6) is 0 Å². The smallest absolute Gasteiger partial charge is 0.0445 e. The summed E-state index contributed by atoms with van der Waals surface area (Å²) >= 11 is 1.92. The van der Waals surface area contributed by atoms with Gasteiger partial charge in [-0.05, 0) is 49.5 Å². The van der Waals surface area contributed by atoms with E-state index < -0.39 is 0 Å². The van der Waals surface area contributed by atoms with E-state index in [4.69, 9.17) is 0 Å². The van der Waals surface area contributed by atoms with Crippen molar-refractivity contribution in [1.82, 2.24) is 5.32 Å². The molecule has 19 heavy (non-hydrogen) atoms. The molecule has 0 saturated heterocycles. The Hall–Kier alpha value is -0.340. The lowest BCUT2D eigenvalue weighted by Gasteiger charge is -2.28. The van der Waals surface area contributed by atoms with Crippen molar-refractivity contribution in [3.8, 4) is 0 Å². The van der Waals surface area contributed by atoms with Crippen LogP contribution in [0.25, 0.3) is 0 Å². The van der Waals surface area contributed by atoms with Gasteiger partial charge in [0.1, 0.15) is 0 Å². The van der Waals surface area contributed by atoms with Gasteiger partial charge in [-0.2, -0.15) is 0 Å². The molecular formula is C17H29NS. The molecule has 0 aliphatic heterocycles. The monoisotopic (exact) mass is 279 g/mol. The molecule has 3 unspecified atom stereocenters. The number of rotatable bonds is 7. The lowest BCUT2D eigenvalue weighted by atomic mass is 9.94. The zero-order valence-corrected chi connectivity index (χ0v) is 13.5. The number of thiophene rings is 1. The van der Waals surface area contributed by atoms with E-state index in [1.807, 2.05) is 11.3 Å². The highest BCUT2D eigenvalue weighted by Crippen LogP contribution is 2.37. The van der Waals surface area contributed by atoms with E-state index in [-0.39, 0.29) is 0 Å². The van der Waals surface area contributed by atoms with E-state index in [0.717, 1.165) is 11.8 Å². The van der Waals surface area contributed by atoms with Gasteiger partial charge in [-0.15, -0.1) is 11.3 Å². The molecule has 1 aromatic heterocycles. The average molecular weight is 279 g/mol. The van der Waals surface area contributed by atoms with Crippen molar-refractivity contribution in [3.05, 3.63) is 22.4 Å². The quantitative estimate of drug-likeness (QED) is 0.705. The molecule has 1 nitrogen and oxygen atoms in total. The molecule has 1 saturated carbocycles. The predicted octanol–water partition coefficient (Wildman–Crippen LogP) is 5.39. The highest BCUT2D eigenvalue weighted by atomic mass is 32.1. The summed E-state index contributed by atoms with van der Waals surface area (Å²) < 4.78 is 0. The van der Waals surface area contributed by atoms with Gasteiger partial charge in [0.15, 0.2) is 0 Å². The lowest BCUT2D eigenvalue weighted by molar-refractivity contribution is 0.310. The van der Waals surface area contributed by atoms with Gasteiger partial charge in [-0.25, -0.2) is 0 Å². The molecule has 2 heteroatoms. The summed E-state index contributed by atoms with van der Waals surface area (Å²) in [4.78, 5) is 1.54. The molecule has 1 fully saturated rings.